The van der Waals surface area contributed by atoms with Crippen molar-refractivity contribution in [2.75, 3.05) is 14.1 Å². The maximum absolute atomic E-state index is 4.33. The van der Waals surface area contributed by atoms with E-state index in [1.807, 2.05) is 25.6 Å². The Morgan fingerprint density at radius 3 is 2.45 bits per heavy atom. The van der Waals surface area contributed by atoms with Crippen molar-refractivity contribution in [2.45, 2.75) is 26.9 Å². The summed E-state index contributed by atoms with van der Waals surface area (Å²) in [5.41, 5.74) is 2.53. The Labute approximate surface area is 131 Å². The summed E-state index contributed by atoms with van der Waals surface area (Å²) in [5, 5.41) is 11.5. The molecule has 1 aromatic carbocycles. The standard InChI is InChI=1S/C16H24N6/c1-12-6-8-14(9-7-12)11-21(4)16(17-3)18-10-15-20-19-13(2)22(15)5/h6-9H,10-11H2,1-5H3,(H,17,18). The van der Waals surface area contributed by atoms with Crippen LogP contribution in [0.25, 0.3) is 0 Å². The minimum Gasteiger partial charge on any atom is -0.349 e. The molecule has 2 rings (SSSR count). The van der Waals surface area contributed by atoms with Gasteiger partial charge in [-0.3, -0.25) is 4.99 Å². The molecule has 1 aromatic heterocycles. The summed E-state index contributed by atoms with van der Waals surface area (Å²) in [6.07, 6.45) is 0. The Bertz CT molecular complexity index is 641. The summed E-state index contributed by atoms with van der Waals surface area (Å²) in [6.45, 7) is 5.44. The van der Waals surface area contributed by atoms with Gasteiger partial charge in [-0.2, -0.15) is 0 Å². The quantitative estimate of drug-likeness (QED) is 0.689. The summed E-state index contributed by atoms with van der Waals surface area (Å²) in [6, 6.07) is 8.54. The van der Waals surface area contributed by atoms with Crippen LogP contribution in [0.5, 0.6) is 0 Å². The molecular weight excluding hydrogens is 276 g/mol. The second kappa shape index (κ2) is 7.06. The molecule has 2 aromatic rings. The fourth-order valence-corrected chi connectivity index (χ4v) is 2.19. The van der Waals surface area contributed by atoms with E-state index >= 15 is 0 Å². The molecule has 22 heavy (non-hydrogen) atoms. The molecule has 6 heteroatoms. The summed E-state index contributed by atoms with van der Waals surface area (Å²) < 4.78 is 1.97. The van der Waals surface area contributed by atoms with Crippen molar-refractivity contribution in [3.8, 4) is 0 Å². The lowest BCUT2D eigenvalue weighted by atomic mass is 10.1. The number of nitrogens with zero attached hydrogens (tertiary/aromatic N) is 5. The third kappa shape index (κ3) is 3.84. The molecule has 0 radical (unpaired) electrons. The van der Waals surface area contributed by atoms with Crippen molar-refractivity contribution >= 4 is 5.96 Å². The molecule has 0 fully saturated rings. The lowest BCUT2D eigenvalue weighted by molar-refractivity contribution is 0.474. The Morgan fingerprint density at radius 2 is 1.91 bits per heavy atom. The van der Waals surface area contributed by atoms with E-state index < -0.39 is 0 Å². The molecule has 0 saturated heterocycles. The van der Waals surface area contributed by atoms with E-state index in [2.05, 4.69) is 56.6 Å². The van der Waals surface area contributed by atoms with E-state index in [4.69, 9.17) is 0 Å². The number of hydrogen-bond donors (Lipinski definition) is 1. The average Bonchev–Trinajstić information content (AvgIpc) is 2.82. The van der Waals surface area contributed by atoms with Gasteiger partial charge >= 0.3 is 0 Å². The van der Waals surface area contributed by atoms with Gasteiger partial charge in [0.2, 0.25) is 0 Å². The van der Waals surface area contributed by atoms with Crippen LogP contribution in [0.2, 0.25) is 0 Å². The van der Waals surface area contributed by atoms with Crippen LogP contribution >= 0.6 is 0 Å². The van der Waals surface area contributed by atoms with Crippen LogP contribution in [0.4, 0.5) is 0 Å². The highest BCUT2D eigenvalue weighted by Crippen LogP contribution is 2.06. The number of guanidine groups is 1. The number of benzene rings is 1. The summed E-state index contributed by atoms with van der Waals surface area (Å²) in [7, 11) is 5.78. The topological polar surface area (TPSA) is 58.3 Å². The minimum atomic E-state index is 0.599. The average molecular weight is 300 g/mol. The van der Waals surface area contributed by atoms with Gasteiger partial charge in [0, 0.05) is 27.7 Å². The van der Waals surface area contributed by atoms with Crippen molar-refractivity contribution in [3.05, 3.63) is 47.0 Å². The van der Waals surface area contributed by atoms with Crippen molar-refractivity contribution in [3.63, 3.8) is 0 Å². The normalized spacial score (nSPS) is 11.6. The summed E-state index contributed by atoms with van der Waals surface area (Å²) >= 11 is 0. The Kier molecular flexibility index (Phi) is 5.14. The van der Waals surface area contributed by atoms with E-state index in [0.717, 1.165) is 24.2 Å². The van der Waals surface area contributed by atoms with Crippen molar-refractivity contribution in [1.29, 1.82) is 0 Å². The predicted molar refractivity (Wildman–Crippen MR) is 88.6 cm³/mol. The fraction of sp³-hybridized carbons (Fsp3) is 0.438. The van der Waals surface area contributed by atoms with Gasteiger partial charge in [-0.25, -0.2) is 0 Å². The van der Waals surface area contributed by atoms with Gasteiger partial charge < -0.3 is 14.8 Å². The lowest BCUT2D eigenvalue weighted by Gasteiger charge is -2.22. The number of nitrogens with one attached hydrogen (secondary N) is 1. The first-order chi connectivity index (χ1) is 10.5. The molecule has 0 aliphatic heterocycles. The molecule has 6 nitrogen and oxygen atoms in total. The third-order valence-corrected chi connectivity index (χ3v) is 3.70. The molecule has 0 saturated carbocycles. The molecule has 0 aliphatic rings. The van der Waals surface area contributed by atoms with Gasteiger partial charge in [-0.15, -0.1) is 10.2 Å². The molecule has 1 heterocycles. The molecular formula is C16H24N6. The Morgan fingerprint density at radius 1 is 1.23 bits per heavy atom. The number of aromatic nitrogens is 3. The van der Waals surface area contributed by atoms with Gasteiger partial charge in [0.25, 0.3) is 0 Å². The van der Waals surface area contributed by atoms with Gasteiger partial charge in [0.1, 0.15) is 5.82 Å². The van der Waals surface area contributed by atoms with Crippen molar-refractivity contribution in [2.24, 2.45) is 12.0 Å². The van der Waals surface area contributed by atoms with Crippen LogP contribution in [-0.2, 0) is 20.1 Å². The highest BCUT2D eigenvalue weighted by Gasteiger charge is 2.09. The number of rotatable bonds is 4. The van der Waals surface area contributed by atoms with Gasteiger partial charge in [0.15, 0.2) is 11.8 Å². The first-order valence-electron chi connectivity index (χ1n) is 7.33. The zero-order chi connectivity index (χ0) is 16.1. The lowest BCUT2D eigenvalue weighted by Crippen LogP contribution is -2.38. The highest BCUT2D eigenvalue weighted by molar-refractivity contribution is 5.79. The molecule has 0 unspecified atom stereocenters. The second-order valence-corrected chi connectivity index (χ2v) is 5.46. The van der Waals surface area contributed by atoms with Gasteiger partial charge in [-0.1, -0.05) is 29.8 Å². The van der Waals surface area contributed by atoms with Crippen LogP contribution in [0.3, 0.4) is 0 Å². The van der Waals surface area contributed by atoms with Crippen LogP contribution in [0.15, 0.2) is 29.3 Å². The fourth-order valence-electron chi connectivity index (χ4n) is 2.19. The maximum atomic E-state index is 4.33. The molecule has 0 aliphatic carbocycles. The smallest absolute Gasteiger partial charge is 0.194 e. The third-order valence-electron chi connectivity index (χ3n) is 3.70. The molecule has 0 bridgehead atoms. The largest absolute Gasteiger partial charge is 0.349 e. The van der Waals surface area contributed by atoms with Gasteiger partial charge in [0.05, 0.1) is 6.54 Å². The molecule has 118 valence electrons. The van der Waals surface area contributed by atoms with E-state index in [0.29, 0.717) is 6.54 Å². The Hall–Kier alpha value is -2.37. The predicted octanol–water partition coefficient (Wildman–Crippen LogP) is 1.64. The molecule has 1 N–H and O–H groups in total. The SMILES string of the molecule is CN=C(NCc1nnc(C)n1C)N(C)Cc1ccc(C)cc1. The minimum absolute atomic E-state index is 0.599. The van der Waals surface area contributed by atoms with E-state index in [9.17, 15) is 0 Å². The van der Waals surface area contributed by atoms with Crippen molar-refractivity contribution in [1.82, 2.24) is 25.0 Å². The second-order valence-electron chi connectivity index (χ2n) is 5.46. The van der Waals surface area contributed by atoms with Gasteiger partial charge in [-0.05, 0) is 19.4 Å². The molecule has 0 spiro atoms. The molecule has 0 amide bonds. The zero-order valence-electron chi connectivity index (χ0n) is 14.0. The van der Waals surface area contributed by atoms with Crippen LogP contribution < -0.4 is 5.32 Å². The maximum Gasteiger partial charge on any atom is 0.194 e. The van der Waals surface area contributed by atoms with Crippen LogP contribution in [0, 0.1) is 13.8 Å². The van der Waals surface area contributed by atoms with E-state index in [1.165, 1.54) is 11.1 Å². The van der Waals surface area contributed by atoms with E-state index in [-0.39, 0.29) is 0 Å². The first kappa shape index (κ1) is 16.0. The van der Waals surface area contributed by atoms with E-state index in [1.54, 1.807) is 7.05 Å². The monoisotopic (exact) mass is 300 g/mol. The summed E-state index contributed by atoms with van der Waals surface area (Å²) in [4.78, 5) is 6.42. The van der Waals surface area contributed by atoms with Crippen LogP contribution in [-0.4, -0.2) is 39.7 Å². The molecule has 0 atom stereocenters. The zero-order valence-corrected chi connectivity index (χ0v) is 14.0. The number of hydrogen-bond acceptors (Lipinski definition) is 3. The highest BCUT2D eigenvalue weighted by atomic mass is 15.3. The first-order valence-corrected chi connectivity index (χ1v) is 7.33. The Balaban J connectivity index is 1.96. The number of aliphatic imine (C=N–C) groups is 1. The van der Waals surface area contributed by atoms with Crippen molar-refractivity contribution < 1.29 is 0 Å². The summed E-state index contributed by atoms with van der Waals surface area (Å²) in [5.74, 6) is 2.63. The van der Waals surface area contributed by atoms with Crippen LogP contribution in [0.1, 0.15) is 22.8 Å². The number of aryl methyl sites for hydroxylation is 2.